The smallest absolute Gasteiger partial charge is 0.237 e. The number of carbonyl (C=O) groups is 1. The van der Waals surface area contributed by atoms with Crippen LogP contribution in [0.5, 0.6) is 0 Å². The average molecular weight is 861 g/mol. The molecule has 1 amide bonds. The molecule has 61 heavy (non-hydrogen) atoms. The highest BCUT2D eigenvalue weighted by Crippen LogP contribution is 2.17. The SMILES string of the molecule is CCCCCCCCCCCCCCCCN(CCCCCCCCCCCCCCCC)C(=O)CCNC(=NCC(N=C=O)OC(C)(C)C)NCC(N=C=O)OC(C)(C)C. The second-order valence-electron chi connectivity index (χ2n) is 19.1. The van der Waals surface area contributed by atoms with E-state index in [-0.39, 0.29) is 19.0 Å². The van der Waals surface area contributed by atoms with E-state index in [1.807, 2.05) is 41.5 Å². The van der Waals surface area contributed by atoms with Crippen LogP contribution < -0.4 is 10.6 Å². The van der Waals surface area contributed by atoms with E-state index in [1.54, 1.807) is 12.2 Å². The molecule has 11 heteroatoms. The summed E-state index contributed by atoms with van der Waals surface area (Å²) < 4.78 is 11.8. The summed E-state index contributed by atoms with van der Waals surface area (Å²) in [5.41, 5.74) is -1.10. The van der Waals surface area contributed by atoms with Gasteiger partial charge in [-0.1, -0.05) is 181 Å². The number of amides is 1. The molecule has 0 spiro atoms. The molecule has 0 aromatic rings. The van der Waals surface area contributed by atoms with Crippen molar-refractivity contribution in [3.63, 3.8) is 0 Å². The van der Waals surface area contributed by atoms with E-state index in [1.165, 1.54) is 154 Å². The molecule has 2 atom stereocenters. The molecule has 0 bridgehead atoms. The van der Waals surface area contributed by atoms with Crippen LogP contribution in [0.3, 0.4) is 0 Å². The fourth-order valence-corrected chi connectivity index (χ4v) is 7.48. The Morgan fingerprint density at radius 1 is 0.525 bits per heavy atom. The van der Waals surface area contributed by atoms with Crippen LogP contribution >= 0.6 is 0 Å². The van der Waals surface area contributed by atoms with Crippen molar-refractivity contribution < 1.29 is 23.9 Å². The lowest BCUT2D eigenvalue weighted by Gasteiger charge is -2.26. The van der Waals surface area contributed by atoms with Gasteiger partial charge >= 0.3 is 0 Å². The Labute approximate surface area is 375 Å². The molecule has 2 unspecified atom stereocenters. The predicted molar refractivity (Wildman–Crippen MR) is 256 cm³/mol. The third-order valence-corrected chi connectivity index (χ3v) is 10.8. The zero-order valence-electron chi connectivity index (χ0n) is 41.0. The number of nitrogens with zero attached hydrogens (tertiary/aromatic N) is 4. The fraction of sp³-hybridized carbons (Fsp3) is 0.920. The maximum Gasteiger partial charge on any atom is 0.237 e. The number of nitrogens with one attached hydrogen (secondary N) is 2. The molecule has 0 fully saturated rings. The topological polar surface area (TPSA) is 134 Å². The molecule has 0 aliphatic carbocycles. The molecule has 0 rings (SSSR count). The molecular weight excluding hydrogens is 765 g/mol. The van der Waals surface area contributed by atoms with Gasteiger partial charge in [-0.05, 0) is 54.4 Å². The van der Waals surface area contributed by atoms with Crippen molar-refractivity contribution in [3.05, 3.63) is 0 Å². The second-order valence-corrected chi connectivity index (χ2v) is 19.1. The lowest BCUT2D eigenvalue weighted by Crippen LogP contribution is -2.44. The highest BCUT2D eigenvalue weighted by molar-refractivity contribution is 5.81. The Hall–Kier alpha value is -2.58. The molecule has 0 saturated carbocycles. The summed E-state index contributed by atoms with van der Waals surface area (Å²) in [7, 11) is 0. The molecular formula is C50H96N6O5. The first-order valence-electron chi connectivity index (χ1n) is 25.1. The van der Waals surface area contributed by atoms with Crippen LogP contribution in [0.25, 0.3) is 0 Å². The van der Waals surface area contributed by atoms with Crippen molar-refractivity contribution in [1.82, 2.24) is 15.5 Å². The molecule has 356 valence electrons. The summed E-state index contributed by atoms with van der Waals surface area (Å²) in [6.07, 6.45) is 38.6. The van der Waals surface area contributed by atoms with Crippen molar-refractivity contribution in [2.24, 2.45) is 15.0 Å². The number of unbranched alkanes of at least 4 members (excludes halogenated alkanes) is 26. The van der Waals surface area contributed by atoms with E-state index >= 15 is 0 Å². The number of ether oxygens (including phenoxy) is 2. The standard InChI is InChI=1S/C50H96N6O5/c1-9-11-13-15-17-19-21-23-25-27-29-31-33-35-39-56(40-36-34-32-30-28-26-24-22-20-18-16-14-12-10-2)47(59)37-38-51-48(52-41-45(54-43-57)60-49(3,4)5)53-42-46(55-44-58)61-50(6,7)8/h45-46H,9-42H2,1-8H3,(H2,51,52,53). The van der Waals surface area contributed by atoms with Gasteiger partial charge in [0.2, 0.25) is 18.1 Å². The first-order chi connectivity index (χ1) is 29.3. The maximum absolute atomic E-state index is 13.7. The van der Waals surface area contributed by atoms with Crippen LogP contribution in [0.2, 0.25) is 0 Å². The number of hydrogen-bond acceptors (Lipinski definition) is 8. The molecule has 0 saturated heterocycles. The Bertz CT molecular complexity index is 1120. The number of hydrogen-bond donors (Lipinski definition) is 2. The minimum absolute atomic E-state index is 0.0436. The van der Waals surface area contributed by atoms with Gasteiger partial charge in [0.15, 0.2) is 18.4 Å². The van der Waals surface area contributed by atoms with Gasteiger partial charge in [0.05, 0.1) is 24.3 Å². The molecule has 0 aromatic heterocycles. The van der Waals surface area contributed by atoms with Crippen LogP contribution in [0, 0.1) is 0 Å². The van der Waals surface area contributed by atoms with E-state index in [0.717, 1.165) is 38.8 Å². The number of rotatable bonds is 41. The molecule has 0 aliphatic rings. The molecule has 2 N–H and O–H groups in total. The fourth-order valence-electron chi connectivity index (χ4n) is 7.48. The van der Waals surface area contributed by atoms with Crippen molar-refractivity contribution in [3.8, 4) is 0 Å². The lowest BCUT2D eigenvalue weighted by molar-refractivity contribution is -0.131. The summed E-state index contributed by atoms with van der Waals surface area (Å²) in [5, 5.41) is 6.44. The van der Waals surface area contributed by atoms with Crippen molar-refractivity contribution >= 4 is 24.0 Å². The average Bonchev–Trinajstić information content (AvgIpc) is 3.19. The van der Waals surface area contributed by atoms with Crippen LogP contribution in [0.4, 0.5) is 0 Å². The molecule has 11 nitrogen and oxygen atoms in total. The Balaban J connectivity index is 5.21. The first-order valence-corrected chi connectivity index (χ1v) is 25.1. The van der Waals surface area contributed by atoms with E-state index in [4.69, 9.17) is 9.47 Å². The Kier molecular flexibility index (Phi) is 38.5. The summed E-state index contributed by atoms with van der Waals surface area (Å²) in [5.74, 6) is 0.501. The zero-order chi connectivity index (χ0) is 45.3. The van der Waals surface area contributed by atoms with Gasteiger partial charge in [-0.15, -0.1) is 0 Å². The Morgan fingerprint density at radius 3 is 1.23 bits per heavy atom. The van der Waals surface area contributed by atoms with Crippen LogP contribution in [0.1, 0.15) is 242 Å². The maximum atomic E-state index is 13.7. The largest absolute Gasteiger partial charge is 0.356 e. The summed E-state index contributed by atoms with van der Waals surface area (Å²) in [4.78, 5) is 50.3. The van der Waals surface area contributed by atoms with Gasteiger partial charge < -0.3 is 25.0 Å². The van der Waals surface area contributed by atoms with Gasteiger partial charge in [-0.3, -0.25) is 4.79 Å². The van der Waals surface area contributed by atoms with Crippen molar-refractivity contribution in [2.45, 2.75) is 265 Å². The third-order valence-electron chi connectivity index (χ3n) is 10.8. The highest BCUT2D eigenvalue weighted by Gasteiger charge is 2.21. The van der Waals surface area contributed by atoms with Crippen LogP contribution in [-0.4, -0.2) is 85.3 Å². The van der Waals surface area contributed by atoms with Crippen molar-refractivity contribution in [2.75, 3.05) is 32.7 Å². The minimum Gasteiger partial charge on any atom is -0.356 e. The van der Waals surface area contributed by atoms with Crippen LogP contribution in [-0.2, 0) is 23.9 Å². The summed E-state index contributed by atoms with van der Waals surface area (Å²) in [6, 6.07) is 0. The van der Waals surface area contributed by atoms with Gasteiger partial charge in [0.1, 0.15) is 0 Å². The van der Waals surface area contributed by atoms with E-state index in [2.05, 4.69) is 44.4 Å². The normalized spacial score (nSPS) is 13.0. The highest BCUT2D eigenvalue weighted by atomic mass is 16.5. The number of isocyanates is 2. The second kappa shape index (κ2) is 40.2. The number of aliphatic imine (C=N–C) groups is 3. The monoisotopic (exact) mass is 861 g/mol. The number of carbonyl (C=O) groups excluding carboxylic acids is 3. The first kappa shape index (κ1) is 58.4. The predicted octanol–water partition coefficient (Wildman–Crippen LogP) is 12.7. The lowest BCUT2D eigenvalue weighted by atomic mass is 10.0. The third kappa shape index (κ3) is 41.2. The molecule has 0 aliphatic heterocycles. The van der Waals surface area contributed by atoms with Gasteiger partial charge in [0.25, 0.3) is 0 Å². The van der Waals surface area contributed by atoms with E-state index < -0.39 is 23.7 Å². The van der Waals surface area contributed by atoms with Gasteiger partial charge in [0, 0.05) is 26.1 Å². The molecule has 0 radical (unpaired) electrons. The number of guanidine groups is 1. The molecule has 0 aromatic carbocycles. The van der Waals surface area contributed by atoms with Crippen molar-refractivity contribution in [1.29, 1.82) is 0 Å². The van der Waals surface area contributed by atoms with Crippen LogP contribution in [0.15, 0.2) is 15.0 Å². The van der Waals surface area contributed by atoms with Gasteiger partial charge in [-0.25, -0.2) is 14.6 Å². The van der Waals surface area contributed by atoms with E-state index in [0.29, 0.717) is 18.9 Å². The quantitative estimate of drug-likeness (QED) is 0.0270. The molecule has 0 heterocycles. The zero-order valence-corrected chi connectivity index (χ0v) is 41.0. The summed E-state index contributed by atoms with van der Waals surface area (Å²) >= 11 is 0. The Morgan fingerprint density at radius 2 is 0.869 bits per heavy atom. The van der Waals surface area contributed by atoms with E-state index in [9.17, 15) is 14.4 Å². The van der Waals surface area contributed by atoms with Gasteiger partial charge in [-0.2, -0.15) is 9.98 Å². The summed E-state index contributed by atoms with van der Waals surface area (Å²) in [6.45, 7) is 17.9. The minimum atomic E-state index is -0.835.